The molecule has 0 spiro atoms. The number of ether oxygens (including phenoxy) is 2. The van der Waals surface area contributed by atoms with Gasteiger partial charge in [-0.1, -0.05) is 246 Å². The van der Waals surface area contributed by atoms with Crippen molar-refractivity contribution in [3.8, 4) is 0 Å². The smallest absolute Gasteiger partial charge is 0.306 e. The minimum Gasteiger partial charge on any atom is -0.462 e. The van der Waals surface area contributed by atoms with Gasteiger partial charge in [0.15, 0.2) is 6.10 Å². The minimum atomic E-state index is -0.764. The summed E-state index contributed by atoms with van der Waals surface area (Å²) in [4.78, 5) is 24.4. The molecule has 0 aliphatic heterocycles. The van der Waals surface area contributed by atoms with E-state index in [0.29, 0.717) is 12.8 Å². The first-order valence-electron chi connectivity index (χ1n) is 24.4. The largest absolute Gasteiger partial charge is 0.462 e. The number of hydrogen-bond acceptors (Lipinski definition) is 5. The Hall–Kier alpha value is -1.10. The highest BCUT2D eigenvalue weighted by molar-refractivity contribution is 5.70. The Morgan fingerprint density at radius 1 is 0.407 bits per heavy atom. The molecule has 0 heterocycles. The maximum Gasteiger partial charge on any atom is 0.306 e. The van der Waals surface area contributed by atoms with Gasteiger partial charge in [0.2, 0.25) is 0 Å². The van der Waals surface area contributed by atoms with E-state index < -0.39 is 6.10 Å². The van der Waals surface area contributed by atoms with Gasteiger partial charge in [-0.05, 0) is 24.7 Å². The van der Waals surface area contributed by atoms with Gasteiger partial charge in [-0.2, -0.15) is 0 Å². The van der Waals surface area contributed by atoms with Crippen molar-refractivity contribution in [2.24, 2.45) is 11.8 Å². The normalized spacial score (nSPS) is 13.2. The molecule has 0 aromatic carbocycles. The monoisotopic (exact) mass is 765 g/mol. The Morgan fingerprint density at radius 2 is 0.667 bits per heavy atom. The summed E-state index contributed by atoms with van der Waals surface area (Å²) in [5.74, 6) is 1.25. The molecular weight excluding hydrogens is 669 g/mol. The summed E-state index contributed by atoms with van der Waals surface area (Å²) in [6, 6.07) is 0. The zero-order chi connectivity index (χ0) is 39.6. The highest BCUT2D eigenvalue weighted by atomic mass is 16.6. The number of hydrogen-bond donors (Lipinski definition) is 1. The second-order valence-electron chi connectivity index (χ2n) is 17.4. The average molecular weight is 765 g/mol. The molecule has 0 aromatic rings. The summed E-state index contributed by atoms with van der Waals surface area (Å²) >= 11 is 0. The van der Waals surface area contributed by atoms with E-state index in [4.69, 9.17) is 9.47 Å². The lowest BCUT2D eigenvalue weighted by Gasteiger charge is -2.15. The molecule has 5 nitrogen and oxygen atoms in total. The predicted molar refractivity (Wildman–Crippen MR) is 233 cm³/mol. The first-order valence-corrected chi connectivity index (χ1v) is 24.4. The Labute approximate surface area is 338 Å². The fourth-order valence-corrected chi connectivity index (χ4v) is 7.51. The zero-order valence-electron chi connectivity index (χ0n) is 37.1. The second-order valence-corrected chi connectivity index (χ2v) is 17.4. The van der Waals surface area contributed by atoms with Gasteiger partial charge in [-0.3, -0.25) is 9.59 Å². The Morgan fingerprint density at radius 3 is 0.944 bits per heavy atom. The van der Waals surface area contributed by atoms with Gasteiger partial charge in [0, 0.05) is 12.8 Å². The fourth-order valence-electron chi connectivity index (χ4n) is 7.51. The molecule has 322 valence electrons. The topological polar surface area (TPSA) is 72.8 Å². The van der Waals surface area contributed by atoms with Gasteiger partial charge in [-0.15, -0.1) is 0 Å². The molecule has 0 rings (SSSR count). The van der Waals surface area contributed by atoms with Crippen LogP contribution in [0.4, 0.5) is 0 Å². The van der Waals surface area contributed by atoms with E-state index in [2.05, 4.69) is 27.7 Å². The molecule has 0 aromatic heterocycles. The number of carbonyl (C=O) groups excluding carboxylic acids is 2. The van der Waals surface area contributed by atoms with Gasteiger partial charge < -0.3 is 14.6 Å². The summed E-state index contributed by atoms with van der Waals surface area (Å²) in [5, 5.41) is 9.61. The quantitative estimate of drug-likeness (QED) is 0.0494. The zero-order valence-corrected chi connectivity index (χ0v) is 37.1. The third-order valence-corrected chi connectivity index (χ3v) is 12.0. The van der Waals surface area contributed by atoms with Crippen LogP contribution in [0.15, 0.2) is 0 Å². The lowest BCUT2D eigenvalue weighted by Crippen LogP contribution is -2.28. The van der Waals surface area contributed by atoms with Crippen molar-refractivity contribution >= 4 is 11.9 Å². The van der Waals surface area contributed by atoms with Crippen LogP contribution >= 0.6 is 0 Å². The molecular formula is C49H96O5. The Kier molecular flexibility index (Phi) is 42.2. The number of aliphatic hydroxyl groups excluding tert-OH is 1. The number of unbranched alkanes of at least 4 members (excludes halogenated alkanes) is 30. The van der Waals surface area contributed by atoms with E-state index in [-0.39, 0.29) is 25.2 Å². The van der Waals surface area contributed by atoms with Gasteiger partial charge in [0.05, 0.1) is 6.61 Å². The van der Waals surface area contributed by atoms with Crippen LogP contribution < -0.4 is 0 Å². The molecule has 0 aliphatic rings. The van der Waals surface area contributed by atoms with Crippen molar-refractivity contribution in [3.05, 3.63) is 0 Å². The molecule has 0 amide bonds. The third-order valence-electron chi connectivity index (χ3n) is 12.0. The average Bonchev–Trinajstić information content (AvgIpc) is 3.18. The van der Waals surface area contributed by atoms with E-state index in [1.54, 1.807) is 0 Å². The molecule has 0 saturated carbocycles. The molecule has 2 unspecified atom stereocenters. The molecule has 0 saturated heterocycles. The van der Waals surface area contributed by atoms with Gasteiger partial charge in [-0.25, -0.2) is 0 Å². The van der Waals surface area contributed by atoms with Crippen molar-refractivity contribution in [1.29, 1.82) is 0 Å². The fraction of sp³-hybridized carbons (Fsp3) is 0.959. The molecule has 0 fully saturated rings. The lowest BCUT2D eigenvalue weighted by molar-refractivity contribution is -0.161. The number of esters is 2. The minimum absolute atomic E-state index is 0.0573. The highest BCUT2D eigenvalue weighted by Gasteiger charge is 2.16. The number of rotatable bonds is 44. The second kappa shape index (κ2) is 43.0. The summed E-state index contributed by atoms with van der Waals surface area (Å²) in [5.41, 5.74) is 0. The summed E-state index contributed by atoms with van der Waals surface area (Å²) < 4.78 is 10.7. The highest BCUT2D eigenvalue weighted by Crippen LogP contribution is 2.18. The van der Waals surface area contributed by atoms with Crippen molar-refractivity contribution in [2.45, 2.75) is 278 Å². The first-order chi connectivity index (χ1) is 26.4. The van der Waals surface area contributed by atoms with Crippen molar-refractivity contribution in [2.75, 3.05) is 13.2 Å². The van der Waals surface area contributed by atoms with Gasteiger partial charge in [0.25, 0.3) is 0 Å². The van der Waals surface area contributed by atoms with Crippen LogP contribution in [0, 0.1) is 11.8 Å². The summed E-state index contributed by atoms with van der Waals surface area (Å²) in [7, 11) is 0. The van der Waals surface area contributed by atoms with Crippen molar-refractivity contribution in [3.63, 3.8) is 0 Å². The standard InChI is InChI=1S/C49H96O5/c1-5-45(3)39-35-31-27-23-19-15-11-9-7-8-10-12-17-21-25-29-33-37-41-48(51)53-44-47(43-50)54-49(52)42-38-34-30-26-22-18-14-13-16-20-24-28-32-36-40-46(4)6-2/h45-47,50H,5-44H2,1-4H3/t45?,46?,47-/m0/s1. The molecule has 0 aliphatic carbocycles. The maximum atomic E-state index is 12.2. The first kappa shape index (κ1) is 52.9. The summed E-state index contributed by atoms with van der Waals surface area (Å²) in [6.07, 6.45) is 47.4. The van der Waals surface area contributed by atoms with Crippen LogP contribution in [0.2, 0.25) is 0 Å². The molecule has 0 radical (unpaired) electrons. The van der Waals surface area contributed by atoms with Crippen molar-refractivity contribution in [1.82, 2.24) is 0 Å². The van der Waals surface area contributed by atoms with E-state index in [0.717, 1.165) is 43.9 Å². The van der Waals surface area contributed by atoms with Crippen LogP contribution in [0.1, 0.15) is 272 Å². The SMILES string of the molecule is CCC(C)CCCCCCCCCCCCCCCCCCCCC(=O)OC[C@H](CO)OC(=O)CCCCCCCCCCCCCCCCC(C)CC. The third kappa shape index (κ3) is 40.6. The van der Waals surface area contributed by atoms with Crippen LogP contribution in [0.25, 0.3) is 0 Å². The van der Waals surface area contributed by atoms with Crippen LogP contribution in [-0.4, -0.2) is 36.4 Å². The molecule has 0 bridgehead atoms. The van der Waals surface area contributed by atoms with Gasteiger partial charge >= 0.3 is 11.9 Å². The van der Waals surface area contributed by atoms with Crippen LogP contribution in [0.5, 0.6) is 0 Å². The Balaban J connectivity index is 3.45. The van der Waals surface area contributed by atoms with Crippen molar-refractivity contribution < 1.29 is 24.2 Å². The molecule has 3 atom stereocenters. The van der Waals surface area contributed by atoms with E-state index in [9.17, 15) is 14.7 Å². The van der Waals surface area contributed by atoms with E-state index >= 15 is 0 Å². The number of aliphatic hydroxyl groups is 1. The molecule has 5 heteroatoms. The van der Waals surface area contributed by atoms with Crippen LogP contribution in [0.3, 0.4) is 0 Å². The van der Waals surface area contributed by atoms with E-state index in [1.165, 1.54) is 199 Å². The lowest BCUT2D eigenvalue weighted by atomic mass is 9.99. The van der Waals surface area contributed by atoms with Crippen LogP contribution in [-0.2, 0) is 19.1 Å². The maximum absolute atomic E-state index is 12.2. The molecule has 1 N–H and O–H groups in total. The summed E-state index contributed by atoms with van der Waals surface area (Å²) in [6.45, 7) is 8.98. The molecule has 54 heavy (non-hydrogen) atoms. The number of carbonyl (C=O) groups is 2. The van der Waals surface area contributed by atoms with Gasteiger partial charge in [0.1, 0.15) is 6.61 Å². The predicted octanol–water partition coefficient (Wildman–Crippen LogP) is 15.6. The van der Waals surface area contributed by atoms with E-state index in [1.807, 2.05) is 0 Å². The Bertz CT molecular complexity index is 769.